The summed E-state index contributed by atoms with van der Waals surface area (Å²) in [6, 6.07) is 19.1. The van der Waals surface area contributed by atoms with Gasteiger partial charge in [0.1, 0.15) is 6.33 Å². The number of hydrogen-bond donors (Lipinski definition) is 1. The van der Waals surface area contributed by atoms with Gasteiger partial charge in [0.2, 0.25) is 0 Å². The summed E-state index contributed by atoms with van der Waals surface area (Å²) in [5, 5.41) is 13.0. The van der Waals surface area contributed by atoms with Gasteiger partial charge >= 0.3 is 6.03 Å². The Hall–Kier alpha value is -3.78. The van der Waals surface area contributed by atoms with Gasteiger partial charge in [0, 0.05) is 17.7 Å². The minimum atomic E-state index is -0.290. The van der Waals surface area contributed by atoms with Crippen LogP contribution in [0.4, 0.5) is 10.5 Å². The second kappa shape index (κ2) is 7.57. The molecule has 1 saturated heterocycles. The maximum atomic E-state index is 13.0. The minimum Gasteiger partial charge on any atom is -0.306 e. The molecule has 2 aromatic carbocycles. The van der Waals surface area contributed by atoms with Crippen molar-refractivity contribution in [1.29, 1.82) is 0 Å². The van der Waals surface area contributed by atoms with Crippen LogP contribution in [0.5, 0.6) is 0 Å². The first-order valence-corrected chi connectivity index (χ1v) is 9.75. The van der Waals surface area contributed by atoms with Crippen LogP contribution in [0.1, 0.15) is 23.6 Å². The molecule has 30 heavy (non-hydrogen) atoms. The van der Waals surface area contributed by atoms with Gasteiger partial charge in [-0.15, -0.1) is 14.8 Å². The normalized spacial score (nSPS) is 16.2. The first-order valence-electron chi connectivity index (χ1n) is 9.75. The molecule has 8 heteroatoms. The monoisotopic (exact) mass is 400 g/mol. The van der Waals surface area contributed by atoms with Crippen molar-refractivity contribution in [3.63, 3.8) is 0 Å². The molecule has 2 amide bonds. The number of carbonyl (C=O) groups is 1. The van der Waals surface area contributed by atoms with E-state index in [1.165, 1.54) is 16.0 Å². The van der Waals surface area contributed by atoms with E-state index in [2.05, 4.69) is 20.5 Å². The molecule has 0 spiro atoms. The summed E-state index contributed by atoms with van der Waals surface area (Å²) in [4.78, 5) is 22.7. The number of amides is 2. The van der Waals surface area contributed by atoms with Crippen LogP contribution >= 0.6 is 0 Å². The van der Waals surface area contributed by atoms with Gasteiger partial charge in [-0.1, -0.05) is 42.5 Å². The number of hydrogen-bond acceptors (Lipinski definition) is 5. The van der Waals surface area contributed by atoms with Crippen molar-refractivity contribution in [3.8, 4) is 11.3 Å². The van der Waals surface area contributed by atoms with Crippen molar-refractivity contribution in [2.24, 2.45) is 0 Å². The number of carbonyl (C=O) groups excluding carboxylic acids is 1. The zero-order chi connectivity index (χ0) is 20.5. The maximum Gasteiger partial charge on any atom is 0.346 e. The summed E-state index contributed by atoms with van der Waals surface area (Å²) in [7, 11) is 0. The summed E-state index contributed by atoms with van der Waals surface area (Å²) < 4.78 is 1.48. The van der Waals surface area contributed by atoms with Crippen LogP contribution in [-0.2, 0) is 4.84 Å². The molecule has 0 unspecified atom stereocenters. The highest BCUT2D eigenvalue weighted by molar-refractivity contribution is 5.90. The first kappa shape index (κ1) is 18.3. The van der Waals surface area contributed by atoms with Crippen molar-refractivity contribution in [2.45, 2.75) is 19.4 Å². The second-order valence-corrected chi connectivity index (χ2v) is 7.16. The van der Waals surface area contributed by atoms with Crippen LogP contribution in [0.25, 0.3) is 16.9 Å². The molecule has 0 saturated carbocycles. The summed E-state index contributed by atoms with van der Waals surface area (Å²) in [6.45, 7) is 2.46. The number of urea groups is 1. The van der Waals surface area contributed by atoms with E-state index in [0.29, 0.717) is 17.9 Å². The number of aryl methyl sites for hydroxylation is 1. The molecule has 1 aliphatic heterocycles. The zero-order valence-corrected chi connectivity index (χ0v) is 16.4. The van der Waals surface area contributed by atoms with Crippen LogP contribution < -0.4 is 5.32 Å². The highest BCUT2D eigenvalue weighted by Crippen LogP contribution is 2.31. The van der Waals surface area contributed by atoms with Crippen LogP contribution in [0.2, 0.25) is 0 Å². The minimum absolute atomic E-state index is 0.105. The maximum absolute atomic E-state index is 13.0. The number of rotatable bonds is 3. The van der Waals surface area contributed by atoms with E-state index >= 15 is 0 Å². The molecule has 0 bridgehead atoms. The molecule has 1 aliphatic rings. The molecule has 4 aromatic rings. The number of nitrogens with zero attached hydrogens (tertiary/aromatic N) is 5. The largest absolute Gasteiger partial charge is 0.346 e. The van der Waals surface area contributed by atoms with Crippen LogP contribution in [-0.4, -0.2) is 37.5 Å². The van der Waals surface area contributed by atoms with Gasteiger partial charge < -0.3 is 5.32 Å². The number of anilines is 1. The van der Waals surface area contributed by atoms with Crippen molar-refractivity contribution < 1.29 is 9.63 Å². The third kappa shape index (κ3) is 3.37. The summed E-state index contributed by atoms with van der Waals surface area (Å²) in [5.74, 6) is 0. The van der Waals surface area contributed by atoms with E-state index in [-0.39, 0.29) is 12.1 Å². The third-order valence-electron chi connectivity index (χ3n) is 5.21. The van der Waals surface area contributed by atoms with Gasteiger partial charge in [-0.2, -0.15) is 5.06 Å². The van der Waals surface area contributed by atoms with E-state index < -0.39 is 0 Å². The van der Waals surface area contributed by atoms with Crippen molar-refractivity contribution in [2.75, 3.05) is 11.9 Å². The van der Waals surface area contributed by atoms with E-state index in [1.54, 1.807) is 0 Å². The van der Waals surface area contributed by atoms with E-state index in [4.69, 9.17) is 4.84 Å². The lowest BCUT2D eigenvalue weighted by Crippen LogP contribution is -2.33. The van der Waals surface area contributed by atoms with Gasteiger partial charge in [0.05, 0.1) is 18.3 Å². The molecule has 0 aliphatic carbocycles. The zero-order valence-electron chi connectivity index (χ0n) is 16.4. The van der Waals surface area contributed by atoms with Gasteiger partial charge in [0.25, 0.3) is 0 Å². The fourth-order valence-electron chi connectivity index (χ4n) is 3.61. The highest BCUT2D eigenvalue weighted by Gasteiger charge is 2.32. The van der Waals surface area contributed by atoms with Gasteiger partial charge in [-0.05, 0) is 36.2 Å². The lowest BCUT2D eigenvalue weighted by atomic mass is 10.0. The van der Waals surface area contributed by atoms with Crippen LogP contribution in [0.15, 0.2) is 67.0 Å². The Bertz CT molecular complexity index is 1210. The Balaban J connectivity index is 1.40. The highest BCUT2D eigenvalue weighted by atomic mass is 16.7. The topological polar surface area (TPSA) is 84.7 Å². The molecule has 5 rings (SSSR count). The Kier molecular flexibility index (Phi) is 4.61. The molecule has 0 radical (unpaired) electrons. The lowest BCUT2D eigenvalue weighted by Gasteiger charge is -2.23. The molecule has 2 aromatic heterocycles. The molecule has 1 atom stereocenters. The Morgan fingerprint density at radius 3 is 2.87 bits per heavy atom. The van der Waals surface area contributed by atoms with Crippen LogP contribution in [0, 0.1) is 6.92 Å². The SMILES string of the molecule is Cc1ccc(-c2ccc3ncnn3n2)cc1NC(=O)N1OCC[C@H]1c1ccccc1. The number of fused-ring (bicyclic) bond motifs is 1. The summed E-state index contributed by atoms with van der Waals surface area (Å²) >= 11 is 0. The molecular weight excluding hydrogens is 380 g/mol. The standard InChI is InChI=1S/C22H20N6O2/c1-15-7-8-17(18-9-10-21-23-14-24-28(21)26-18)13-19(15)25-22(29)27-20(11-12-30-27)16-5-3-2-4-6-16/h2-10,13-14,20H,11-12H2,1H3,(H,25,29)/t20-/m0/s1. The Labute approximate surface area is 173 Å². The molecule has 1 fully saturated rings. The number of aromatic nitrogens is 4. The molecule has 150 valence electrons. The fraction of sp³-hybridized carbons (Fsp3) is 0.182. The van der Waals surface area contributed by atoms with Crippen LogP contribution in [0.3, 0.4) is 0 Å². The first-order chi connectivity index (χ1) is 14.7. The molecule has 8 nitrogen and oxygen atoms in total. The number of nitrogens with one attached hydrogen (secondary N) is 1. The fourth-order valence-corrected chi connectivity index (χ4v) is 3.61. The quantitative estimate of drug-likeness (QED) is 0.562. The molecular formula is C22H20N6O2. The number of benzene rings is 2. The van der Waals surface area contributed by atoms with E-state index in [1.807, 2.05) is 67.6 Å². The van der Waals surface area contributed by atoms with Gasteiger partial charge in [-0.3, -0.25) is 4.84 Å². The van der Waals surface area contributed by atoms with E-state index in [0.717, 1.165) is 28.8 Å². The lowest BCUT2D eigenvalue weighted by molar-refractivity contribution is -0.0829. The third-order valence-corrected chi connectivity index (χ3v) is 5.21. The predicted molar refractivity (Wildman–Crippen MR) is 112 cm³/mol. The van der Waals surface area contributed by atoms with Gasteiger partial charge in [0.15, 0.2) is 5.65 Å². The smallest absolute Gasteiger partial charge is 0.306 e. The summed E-state index contributed by atoms with van der Waals surface area (Å²) in [5.41, 5.74) is 5.00. The average Bonchev–Trinajstić information content (AvgIpc) is 3.45. The van der Waals surface area contributed by atoms with Crippen molar-refractivity contribution in [3.05, 3.63) is 78.1 Å². The molecule has 1 N–H and O–H groups in total. The Morgan fingerprint density at radius 1 is 1.13 bits per heavy atom. The van der Waals surface area contributed by atoms with E-state index in [9.17, 15) is 4.79 Å². The summed E-state index contributed by atoms with van der Waals surface area (Å²) in [6.07, 6.45) is 2.23. The second-order valence-electron chi connectivity index (χ2n) is 7.16. The van der Waals surface area contributed by atoms with Crippen molar-refractivity contribution >= 4 is 17.4 Å². The van der Waals surface area contributed by atoms with Crippen molar-refractivity contribution in [1.82, 2.24) is 24.9 Å². The molecule has 3 heterocycles. The predicted octanol–water partition coefficient (Wildman–Crippen LogP) is 4.01. The van der Waals surface area contributed by atoms with Gasteiger partial charge in [-0.25, -0.2) is 9.78 Å². The average molecular weight is 400 g/mol. The Morgan fingerprint density at radius 2 is 2.00 bits per heavy atom. The number of hydroxylamine groups is 2.